The summed E-state index contributed by atoms with van der Waals surface area (Å²) in [5.74, 6) is 0.846. The van der Waals surface area contributed by atoms with Crippen LogP contribution in [0.2, 0.25) is 0 Å². The summed E-state index contributed by atoms with van der Waals surface area (Å²) < 4.78 is 10.5. The highest BCUT2D eigenvalue weighted by atomic mass is 32.2. The molecule has 2 amide bonds. The maximum absolute atomic E-state index is 12.7. The lowest BCUT2D eigenvalue weighted by atomic mass is 10.1. The number of rotatable bonds is 6. The Hall–Kier alpha value is -2.93. The van der Waals surface area contributed by atoms with Crippen LogP contribution in [0, 0.1) is 13.8 Å². The number of nitrogens with one attached hydrogen (secondary N) is 1. The van der Waals surface area contributed by atoms with Crippen LogP contribution in [0.3, 0.4) is 0 Å². The van der Waals surface area contributed by atoms with Gasteiger partial charge in [0.2, 0.25) is 0 Å². The number of ether oxygens (including phenoxy) is 2. The molecule has 3 rings (SSSR count). The molecule has 146 valence electrons. The van der Waals surface area contributed by atoms with Gasteiger partial charge in [0.15, 0.2) is 11.5 Å². The van der Waals surface area contributed by atoms with E-state index in [1.54, 1.807) is 32.4 Å². The highest BCUT2D eigenvalue weighted by Gasteiger charge is 2.34. The van der Waals surface area contributed by atoms with Crippen molar-refractivity contribution in [2.24, 2.45) is 0 Å². The summed E-state index contributed by atoms with van der Waals surface area (Å²) in [5, 5.41) is 2.84. The number of methoxy groups -OCH3 is 2. The van der Waals surface area contributed by atoms with Crippen LogP contribution >= 0.6 is 11.8 Å². The van der Waals surface area contributed by atoms with Crippen molar-refractivity contribution in [3.05, 3.63) is 58.0 Å². The van der Waals surface area contributed by atoms with Crippen molar-refractivity contribution in [3.63, 3.8) is 0 Å². The van der Waals surface area contributed by atoms with Gasteiger partial charge in [-0.2, -0.15) is 0 Å². The largest absolute Gasteiger partial charge is 0.493 e. The third kappa shape index (κ3) is 4.14. The second kappa shape index (κ2) is 8.39. The topological polar surface area (TPSA) is 67.9 Å². The van der Waals surface area contributed by atoms with E-state index in [0.717, 1.165) is 28.6 Å². The Bertz CT molecular complexity index is 955. The molecular formula is C21H22N2O4S. The Labute approximate surface area is 168 Å². The number of thioether (sulfide) groups is 1. The Morgan fingerprint density at radius 3 is 2.43 bits per heavy atom. The molecular weight excluding hydrogens is 376 g/mol. The van der Waals surface area contributed by atoms with Crippen molar-refractivity contribution >= 4 is 34.7 Å². The molecule has 0 unspecified atom stereocenters. The molecule has 0 atom stereocenters. The fraction of sp³-hybridized carbons (Fsp3) is 0.238. The molecule has 2 aromatic carbocycles. The molecule has 1 aliphatic rings. The normalized spacial score (nSPS) is 15.3. The number of carbonyl (C=O) groups is 2. The second-order valence-corrected chi connectivity index (χ2v) is 7.35. The number of aryl methyl sites for hydroxylation is 2. The minimum absolute atomic E-state index is 0.121. The van der Waals surface area contributed by atoms with E-state index in [1.165, 1.54) is 10.5 Å². The maximum Gasteiger partial charge on any atom is 0.295 e. The zero-order valence-electron chi connectivity index (χ0n) is 16.2. The standard InChI is InChI=1S/C21H22N2O4S/c1-13-5-7-16(9-14(13)2)22-12-23-20(24)19(28-21(23)25)11-15-6-8-17(26-3)18(10-15)27-4/h5-11,22H,12H2,1-4H3/b19-11+. The number of benzene rings is 2. The summed E-state index contributed by atoms with van der Waals surface area (Å²) >= 11 is 0.927. The summed E-state index contributed by atoms with van der Waals surface area (Å²) in [7, 11) is 3.11. The van der Waals surface area contributed by atoms with Crippen LogP contribution in [-0.4, -0.2) is 36.9 Å². The van der Waals surface area contributed by atoms with Gasteiger partial charge in [0.05, 0.1) is 25.8 Å². The molecule has 1 N–H and O–H groups in total. The minimum atomic E-state index is -0.318. The first-order valence-electron chi connectivity index (χ1n) is 8.71. The third-order valence-electron chi connectivity index (χ3n) is 4.53. The Balaban J connectivity index is 1.74. The van der Waals surface area contributed by atoms with Gasteiger partial charge in [-0.15, -0.1) is 0 Å². The molecule has 0 radical (unpaired) electrons. The van der Waals surface area contributed by atoms with E-state index < -0.39 is 0 Å². The van der Waals surface area contributed by atoms with E-state index in [2.05, 4.69) is 5.32 Å². The lowest BCUT2D eigenvalue weighted by Crippen LogP contribution is -2.33. The molecule has 0 aromatic heterocycles. The van der Waals surface area contributed by atoms with Gasteiger partial charge in [0.25, 0.3) is 11.1 Å². The summed E-state index contributed by atoms with van der Waals surface area (Å²) in [6.45, 7) is 4.18. The van der Waals surface area contributed by atoms with Gasteiger partial charge in [-0.25, -0.2) is 0 Å². The lowest BCUT2D eigenvalue weighted by Gasteiger charge is -2.15. The van der Waals surface area contributed by atoms with Gasteiger partial charge >= 0.3 is 0 Å². The third-order valence-corrected chi connectivity index (χ3v) is 5.43. The van der Waals surface area contributed by atoms with Gasteiger partial charge in [0.1, 0.15) is 0 Å². The fourth-order valence-corrected chi connectivity index (χ4v) is 3.59. The summed E-state index contributed by atoms with van der Waals surface area (Å²) in [6.07, 6.45) is 1.68. The van der Waals surface area contributed by atoms with Crippen LogP contribution in [0.1, 0.15) is 16.7 Å². The van der Waals surface area contributed by atoms with E-state index in [1.807, 2.05) is 38.1 Å². The summed E-state index contributed by atoms with van der Waals surface area (Å²) in [6, 6.07) is 11.3. The van der Waals surface area contributed by atoms with Crippen LogP contribution < -0.4 is 14.8 Å². The lowest BCUT2D eigenvalue weighted by molar-refractivity contribution is -0.122. The van der Waals surface area contributed by atoms with Crippen molar-refractivity contribution < 1.29 is 19.1 Å². The van der Waals surface area contributed by atoms with Gasteiger partial charge < -0.3 is 14.8 Å². The van der Waals surface area contributed by atoms with E-state index in [0.29, 0.717) is 16.4 Å². The number of hydrogen-bond donors (Lipinski definition) is 1. The molecule has 0 spiro atoms. The summed E-state index contributed by atoms with van der Waals surface area (Å²) in [5.41, 5.74) is 3.96. The van der Waals surface area contributed by atoms with Crippen LogP contribution in [0.25, 0.3) is 6.08 Å². The SMILES string of the molecule is COc1ccc(/C=C2/SC(=O)N(CNc3ccc(C)c(C)c3)C2=O)cc1OC. The predicted molar refractivity (Wildman–Crippen MR) is 112 cm³/mol. The van der Waals surface area contributed by atoms with Crippen molar-refractivity contribution in [2.45, 2.75) is 13.8 Å². The van der Waals surface area contributed by atoms with Crippen LogP contribution in [-0.2, 0) is 4.79 Å². The van der Waals surface area contributed by atoms with E-state index in [-0.39, 0.29) is 17.8 Å². The number of anilines is 1. The Kier molecular flexibility index (Phi) is 5.94. The van der Waals surface area contributed by atoms with Crippen molar-refractivity contribution in [3.8, 4) is 11.5 Å². The number of carbonyl (C=O) groups excluding carboxylic acids is 2. The summed E-state index contributed by atoms with van der Waals surface area (Å²) in [4.78, 5) is 26.5. The smallest absolute Gasteiger partial charge is 0.295 e. The Morgan fingerprint density at radius 2 is 1.75 bits per heavy atom. The van der Waals surface area contributed by atoms with Crippen molar-refractivity contribution in [2.75, 3.05) is 26.2 Å². The molecule has 6 nitrogen and oxygen atoms in total. The average Bonchev–Trinajstić information content (AvgIpc) is 2.95. The Morgan fingerprint density at radius 1 is 1.00 bits per heavy atom. The van der Waals surface area contributed by atoms with E-state index in [9.17, 15) is 9.59 Å². The molecule has 2 aromatic rings. The van der Waals surface area contributed by atoms with Gasteiger partial charge in [-0.1, -0.05) is 12.1 Å². The number of imide groups is 1. The highest BCUT2D eigenvalue weighted by Crippen LogP contribution is 2.34. The molecule has 1 heterocycles. The molecule has 7 heteroatoms. The molecule has 0 bridgehead atoms. The maximum atomic E-state index is 12.7. The van der Waals surface area contributed by atoms with E-state index >= 15 is 0 Å². The number of amides is 2. The number of hydrogen-bond acceptors (Lipinski definition) is 6. The quantitative estimate of drug-likeness (QED) is 0.726. The first-order chi connectivity index (χ1) is 13.4. The average molecular weight is 398 g/mol. The zero-order chi connectivity index (χ0) is 20.3. The van der Waals surface area contributed by atoms with Crippen molar-refractivity contribution in [1.82, 2.24) is 4.90 Å². The molecule has 0 aliphatic carbocycles. The monoisotopic (exact) mass is 398 g/mol. The zero-order valence-corrected chi connectivity index (χ0v) is 17.1. The number of nitrogens with zero attached hydrogens (tertiary/aromatic N) is 1. The molecule has 28 heavy (non-hydrogen) atoms. The van der Waals surface area contributed by atoms with Gasteiger partial charge in [-0.3, -0.25) is 14.5 Å². The second-order valence-electron chi connectivity index (χ2n) is 6.36. The van der Waals surface area contributed by atoms with Gasteiger partial charge in [-0.05, 0) is 72.6 Å². The van der Waals surface area contributed by atoms with Crippen molar-refractivity contribution in [1.29, 1.82) is 0 Å². The molecule has 0 saturated carbocycles. The van der Waals surface area contributed by atoms with Crippen LogP contribution in [0.15, 0.2) is 41.3 Å². The minimum Gasteiger partial charge on any atom is -0.493 e. The van der Waals surface area contributed by atoms with E-state index in [4.69, 9.17) is 9.47 Å². The highest BCUT2D eigenvalue weighted by molar-refractivity contribution is 8.18. The molecule has 1 saturated heterocycles. The first kappa shape index (κ1) is 19.8. The fourth-order valence-electron chi connectivity index (χ4n) is 2.75. The molecule has 1 fully saturated rings. The van der Waals surface area contributed by atoms with Crippen LogP contribution in [0.5, 0.6) is 11.5 Å². The molecule has 1 aliphatic heterocycles. The first-order valence-corrected chi connectivity index (χ1v) is 9.53. The predicted octanol–water partition coefficient (Wildman–Crippen LogP) is 4.43. The van der Waals surface area contributed by atoms with Gasteiger partial charge in [0, 0.05) is 5.69 Å². The van der Waals surface area contributed by atoms with Crippen LogP contribution in [0.4, 0.5) is 10.5 Å².